The number of nitrogens with zero attached hydrogens (tertiary/aromatic N) is 4. The van der Waals surface area contributed by atoms with Crippen molar-refractivity contribution in [2.75, 3.05) is 34.8 Å². The number of aromatic nitrogens is 2. The second kappa shape index (κ2) is 7.58. The number of carbonyl (C=O) groups excluding carboxylic acids is 2. The smallest absolute Gasteiger partial charge is 0.229 e. The highest BCUT2D eigenvalue weighted by molar-refractivity contribution is 6.03. The monoisotopic (exact) mass is 379 g/mol. The largest absolute Gasteiger partial charge is 0.341 e. The molecule has 2 aliphatic heterocycles. The molecule has 0 aliphatic carbocycles. The minimum absolute atomic E-state index is 0.0274. The SMILES string of the molecule is Cc1nc(N2CCCC2)nc(C)c1NC(=O)C1CC(=O)N(c2ccccc2)C1. The fourth-order valence-electron chi connectivity index (χ4n) is 3.90. The van der Waals surface area contributed by atoms with Crippen LogP contribution >= 0.6 is 0 Å². The number of hydrogen-bond acceptors (Lipinski definition) is 5. The molecule has 4 rings (SSSR count). The van der Waals surface area contributed by atoms with Crippen LogP contribution in [0.3, 0.4) is 0 Å². The lowest BCUT2D eigenvalue weighted by molar-refractivity contribution is -0.122. The fourth-order valence-corrected chi connectivity index (χ4v) is 3.90. The van der Waals surface area contributed by atoms with Crippen LogP contribution in [0.25, 0.3) is 0 Å². The van der Waals surface area contributed by atoms with E-state index >= 15 is 0 Å². The molecule has 2 aliphatic rings. The van der Waals surface area contributed by atoms with Crippen molar-refractivity contribution in [1.82, 2.24) is 9.97 Å². The average Bonchev–Trinajstić information content (AvgIpc) is 3.35. The third kappa shape index (κ3) is 3.56. The molecule has 0 bridgehead atoms. The number of para-hydroxylation sites is 1. The molecular formula is C21H25N5O2. The van der Waals surface area contributed by atoms with Gasteiger partial charge in [0.2, 0.25) is 17.8 Å². The number of benzene rings is 1. The topological polar surface area (TPSA) is 78.4 Å². The first-order valence-corrected chi connectivity index (χ1v) is 9.79. The van der Waals surface area contributed by atoms with Crippen LogP contribution in [0.2, 0.25) is 0 Å². The normalized spacial score (nSPS) is 19.4. The second-order valence-electron chi connectivity index (χ2n) is 7.49. The van der Waals surface area contributed by atoms with Crippen molar-refractivity contribution in [3.05, 3.63) is 41.7 Å². The van der Waals surface area contributed by atoms with Gasteiger partial charge < -0.3 is 15.1 Å². The van der Waals surface area contributed by atoms with Crippen molar-refractivity contribution < 1.29 is 9.59 Å². The summed E-state index contributed by atoms with van der Waals surface area (Å²) in [5.41, 5.74) is 2.99. The number of rotatable bonds is 4. The van der Waals surface area contributed by atoms with E-state index in [0.717, 1.165) is 49.0 Å². The van der Waals surface area contributed by atoms with Crippen LogP contribution in [0.5, 0.6) is 0 Å². The van der Waals surface area contributed by atoms with E-state index in [2.05, 4.69) is 20.2 Å². The standard InChI is InChI=1S/C21H25N5O2/c1-14-19(15(2)23-21(22-14)25-10-6-7-11-25)24-20(28)16-12-18(27)26(13-16)17-8-4-3-5-9-17/h3-5,8-9,16H,6-7,10-13H2,1-2H3,(H,24,28). The van der Waals surface area contributed by atoms with Gasteiger partial charge in [0.1, 0.15) is 0 Å². The summed E-state index contributed by atoms with van der Waals surface area (Å²) >= 11 is 0. The first kappa shape index (κ1) is 18.4. The van der Waals surface area contributed by atoms with Gasteiger partial charge in [-0.15, -0.1) is 0 Å². The molecule has 2 amide bonds. The number of amides is 2. The highest BCUT2D eigenvalue weighted by Crippen LogP contribution is 2.27. The molecule has 0 radical (unpaired) electrons. The first-order valence-electron chi connectivity index (χ1n) is 9.79. The van der Waals surface area contributed by atoms with Crippen molar-refractivity contribution in [2.24, 2.45) is 5.92 Å². The van der Waals surface area contributed by atoms with Gasteiger partial charge in [0, 0.05) is 31.7 Å². The van der Waals surface area contributed by atoms with Crippen LogP contribution in [0.15, 0.2) is 30.3 Å². The van der Waals surface area contributed by atoms with E-state index < -0.39 is 0 Å². The molecule has 1 aromatic carbocycles. The zero-order valence-corrected chi connectivity index (χ0v) is 16.3. The second-order valence-corrected chi connectivity index (χ2v) is 7.49. The van der Waals surface area contributed by atoms with E-state index in [1.54, 1.807) is 4.90 Å². The van der Waals surface area contributed by atoms with Crippen molar-refractivity contribution in [3.63, 3.8) is 0 Å². The summed E-state index contributed by atoms with van der Waals surface area (Å²) in [6.45, 7) is 6.12. The number of carbonyl (C=O) groups is 2. The first-order chi connectivity index (χ1) is 13.5. The highest BCUT2D eigenvalue weighted by atomic mass is 16.2. The molecule has 0 spiro atoms. The zero-order valence-electron chi connectivity index (χ0n) is 16.3. The molecule has 1 aromatic heterocycles. The molecule has 1 atom stereocenters. The Morgan fingerprint density at radius 3 is 2.36 bits per heavy atom. The van der Waals surface area contributed by atoms with Gasteiger partial charge >= 0.3 is 0 Å². The van der Waals surface area contributed by atoms with E-state index in [4.69, 9.17) is 0 Å². The molecule has 0 saturated carbocycles. The average molecular weight is 379 g/mol. The van der Waals surface area contributed by atoms with E-state index in [1.807, 2.05) is 44.2 Å². The van der Waals surface area contributed by atoms with Gasteiger partial charge in [-0.3, -0.25) is 9.59 Å². The molecule has 7 nitrogen and oxygen atoms in total. The Morgan fingerprint density at radius 2 is 1.71 bits per heavy atom. The summed E-state index contributed by atoms with van der Waals surface area (Å²) in [5, 5.41) is 2.97. The zero-order chi connectivity index (χ0) is 19.7. The summed E-state index contributed by atoms with van der Waals surface area (Å²) in [6.07, 6.45) is 2.53. The van der Waals surface area contributed by atoms with Gasteiger partial charge in [0.05, 0.1) is 23.0 Å². The molecule has 28 heavy (non-hydrogen) atoms. The van der Waals surface area contributed by atoms with E-state index in [0.29, 0.717) is 12.2 Å². The summed E-state index contributed by atoms with van der Waals surface area (Å²) in [6, 6.07) is 9.46. The maximum absolute atomic E-state index is 12.8. The van der Waals surface area contributed by atoms with E-state index in [9.17, 15) is 9.59 Å². The lowest BCUT2D eigenvalue weighted by Crippen LogP contribution is -2.29. The van der Waals surface area contributed by atoms with Gasteiger partial charge in [0.25, 0.3) is 0 Å². The summed E-state index contributed by atoms with van der Waals surface area (Å²) in [4.78, 5) is 38.3. The minimum Gasteiger partial charge on any atom is -0.341 e. The number of hydrogen-bond donors (Lipinski definition) is 1. The van der Waals surface area contributed by atoms with E-state index in [-0.39, 0.29) is 24.2 Å². The van der Waals surface area contributed by atoms with Crippen molar-refractivity contribution in [1.29, 1.82) is 0 Å². The molecule has 1 N–H and O–H groups in total. The van der Waals surface area contributed by atoms with Crippen LogP contribution in [0, 0.1) is 19.8 Å². The van der Waals surface area contributed by atoms with Crippen LogP contribution in [-0.2, 0) is 9.59 Å². The van der Waals surface area contributed by atoms with Crippen LogP contribution in [0.4, 0.5) is 17.3 Å². The number of anilines is 3. The van der Waals surface area contributed by atoms with Gasteiger partial charge in [-0.25, -0.2) is 9.97 Å². The summed E-state index contributed by atoms with van der Waals surface area (Å²) < 4.78 is 0. The molecule has 1 unspecified atom stereocenters. The Labute approximate surface area is 164 Å². The maximum atomic E-state index is 12.8. The lowest BCUT2D eigenvalue weighted by Gasteiger charge is -2.19. The molecule has 3 heterocycles. The Balaban J connectivity index is 1.47. The molecular weight excluding hydrogens is 354 g/mol. The highest BCUT2D eigenvalue weighted by Gasteiger charge is 2.35. The van der Waals surface area contributed by atoms with Gasteiger partial charge in [0.15, 0.2) is 0 Å². The Morgan fingerprint density at radius 1 is 1.07 bits per heavy atom. The summed E-state index contributed by atoms with van der Waals surface area (Å²) in [7, 11) is 0. The van der Waals surface area contributed by atoms with E-state index in [1.165, 1.54) is 0 Å². The summed E-state index contributed by atoms with van der Waals surface area (Å²) in [5.74, 6) is 0.164. The lowest BCUT2D eigenvalue weighted by atomic mass is 10.1. The molecule has 2 saturated heterocycles. The van der Waals surface area contributed by atoms with Crippen LogP contribution in [-0.4, -0.2) is 41.4 Å². The fraction of sp³-hybridized carbons (Fsp3) is 0.429. The molecule has 2 fully saturated rings. The number of nitrogens with one attached hydrogen (secondary N) is 1. The van der Waals surface area contributed by atoms with Crippen LogP contribution in [0.1, 0.15) is 30.7 Å². The van der Waals surface area contributed by atoms with Crippen molar-refractivity contribution in [3.8, 4) is 0 Å². The van der Waals surface area contributed by atoms with Gasteiger partial charge in [-0.2, -0.15) is 0 Å². The minimum atomic E-state index is -0.384. The van der Waals surface area contributed by atoms with Gasteiger partial charge in [-0.1, -0.05) is 18.2 Å². The predicted molar refractivity (Wildman–Crippen MR) is 108 cm³/mol. The Hall–Kier alpha value is -2.96. The maximum Gasteiger partial charge on any atom is 0.229 e. The van der Waals surface area contributed by atoms with Crippen molar-refractivity contribution >= 4 is 29.1 Å². The molecule has 7 heteroatoms. The Bertz CT molecular complexity index is 870. The Kier molecular flexibility index (Phi) is 4.98. The van der Waals surface area contributed by atoms with Crippen LogP contribution < -0.4 is 15.1 Å². The van der Waals surface area contributed by atoms with Crippen molar-refractivity contribution in [2.45, 2.75) is 33.1 Å². The number of aryl methyl sites for hydroxylation is 2. The third-order valence-corrected chi connectivity index (χ3v) is 5.46. The predicted octanol–water partition coefficient (Wildman–Crippen LogP) is 2.69. The molecule has 146 valence electrons. The molecule has 2 aromatic rings. The third-order valence-electron chi connectivity index (χ3n) is 5.46. The quantitative estimate of drug-likeness (QED) is 0.884. The van der Waals surface area contributed by atoms with Gasteiger partial charge in [-0.05, 0) is 38.8 Å².